The zero-order valence-corrected chi connectivity index (χ0v) is 25.7. The molecule has 44 heavy (non-hydrogen) atoms. The molecule has 0 bridgehead atoms. The molecule has 232 valence electrons. The Balaban J connectivity index is 1.27. The van der Waals surface area contributed by atoms with Gasteiger partial charge in [-0.3, -0.25) is 19.4 Å². The monoisotopic (exact) mass is 638 g/mol. The molecular weight excluding hydrogens is 605 g/mol. The second-order valence-corrected chi connectivity index (χ2v) is 14.0. The summed E-state index contributed by atoms with van der Waals surface area (Å²) in [5.41, 5.74) is 0.746. The number of aromatic nitrogens is 2. The third kappa shape index (κ3) is 7.60. The molecule has 2 aliphatic rings. The van der Waals surface area contributed by atoms with E-state index in [1.54, 1.807) is 12.3 Å². The number of amides is 2. The van der Waals surface area contributed by atoms with Crippen molar-refractivity contribution in [1.29, 1.82) is 0 Å². The standard InChI is InChI=1S/C30H34N6O6S2/c37-25-20-35(44(41,42)28-13-5-7-18-36(28)40)17-8-12-22(25)33-34-29(38)24(19-21-9-2-1-3-10-21)32-30(39)27-15-14-26(43-27)23-11-4-6-16-31-23/h4-7,11,13-16,18,21-22,24H,1-3,8-10,12,17,19-20H2,(H,32,39)/t22?,24-/m0/s1. The Labute approximate surface area is 259 Å². The first-order valence-corrected chi connectivity index (χ1v) is 17.0. The molecule has 1 unspecified atom stereocenters. The van der Waals surface area contributed by atoms with Crippen LogP contribution >= 0.6 is 11.3 Å². The summed E-state index contributed by atoms with van der Waals surface area (Å²) < 4.78 is 27.3. The molecule has 1 aliphatic heterocycles. The molecule has 5 rings (SSSR count). The van der Waals surface area contributed by atoms with Gasteiger partial charge in [0, 0.05) is 24.9 Å². The van der Waals surface area contributed by atoms with Gasteiger partial charge in [0.1, 0.15) is 12.1 Å². The van der Waals surface area contributed by atoms with E-state index >= 15 is 0 Å². The number of carbonyl (C=O) groups excluding carboxylic acids is 3. The summed E-state index contributed by atoms with van der Waals surface area (Å²) in [6, 6.07) is 11.1. The molecular formula is C30H34N6O6S2. The highest BCUT2D eigenvalue weighted by atomic mass is 32.2. The fraction of sp³-hybridized carbons (Fsp3) is 0.433. The van der Waals surface area contributed by atoms with Gasteiger partial charge in [0.15, 0.2) is 12.0 Å². The topological polar surface area (TPSA) is 165 Å². The van der Waals surface area contributed by atoms with E-state index in [1.165, 1.54) is 29.5 Å². The zero-order chi connectivity index (χ0) is 31.1. The average Bonchev–Trinajstić information content (AvgIpc) is 3.45. The lowest BCUT2D eigenvalue weighted by Crippen LogP contribution is -2.43. The molecule has 1 saturated heterocycles. The second-order valence-electron chi connectivity index (χ2n) is 11.0. The molecule has 0 radical (unpaired) electrons. The number of thiophene rings is 1. The molecule has 1 aliphatic carbocycles. The number of hydrogen-bond acceptors (Lipinski definition) is 9. The van der Waals surface area contributed by atoms with Crippen LogP contribution in [0.25, 0.3) is 10.6 Å². The smallest absolute Gasteiger partial charge is 0.323 e. The molecule has 14 heteroatoms. The molecule has 3 aromatic rings. The summed E-state index contributed by atoms with van der Waals surface area (Å²) in [6.45, 7) is -0.473. The Bertz CT molecular complexity index is 1620. The van der Waals surface area contributed by atoms with E-state index in [0.717, 1.165) is 53.2 Å². The maximum Gasteiger partial charge on any atom is 0.323 e. The van der Waals surface area contributed by atoms with Crippen LogP contribution in [0.3, 0.4) is 0 Å². The normalized spacial score (nSPS) is 19.5. The van der Waals surface area contributed by atoms with Crippen LogP contribution in [0, 0.1) is 11.1 Å². The lowest BCUT2D eigenvalue weighted by atomic mass is 9.84. The van der Waals surface area contributed by atoms with Gasteiger partial charge in [-0.15, -0.1) is 16.5 Å². The van der Waals surface area contributed by atoms with Crippen LogP contribution in [0.1, 0.15) is 61.0 Å². The van der Waals surface area contributed by atoms with Crippen molar-refractivity contribution in [2.24, 2.45) is 16.1 Å². The average molecular weight is 639 g/mol. The van der Waals surface area contributed by atoms with E-state index in [9.17, 15) is 28.0 Å². The molecule has 12 nitrogen and oxygen atoms in total. The van der Waals surface area contributed by atoms with E-state index in [1.807, 2.05) is 24.3 Å². The zero-order valence-electron chi connectivity index (χ0n) is 24.1. The van der Waals surface area contributed by atoms with Gasteiger partial charge < -0.3 is 10.5 Å². The predicted octanol–water partition coefficient (Wildman–Crippen LogP) is 3.91. The van der Waals surface area contributed by atoms with E-state index in [4.69, 9.17) is 0 Å². The first-order chi connectivity index (χ1) is 21.2. The Morgan fingerprint density at radius 2 is 1.86 bits per heavy atom. The van der Waals surface area contributed by atoms with Crippen molar-refractivity contribution in [3.8, 4) is 10.6 Å². The maximum atomic E-state index is 13.4. The van der Waals surface area contributed by atoms with Crippen molar-refractivity contribution in [1.82, 2.24) is 14.6 Å². The van der Waals surface area contributed by atoms with Gasteiger partial charge in [0.2, 0.25) is 0 Å². The number of carbonyl (C=O) groups is 3. The SMILES string of the molecule is O=C(N[C@@H](CC1CCCCC1)C(=O)N=NC1CCCN(S(=O)(=O)c2cccc[n+]2[O-])CC1=O)c1ccc(-c2ccccn2)s1. The van der Waals surface area contributed by atoms with E-state index < -0.39 is 51.3 Å². The van der Waals surface area contributed by atoms with Crippen LogP contribution in [0.2, 0.25) is 0 Å². The quantitative estimate of drug-likeness (QED) is 0.211. The number of pyridine rings is 2. The summed E-state index contributed by atoms with van der Waals surface area (Å²) in [5, 5.41) is 22.4. The number of sulfonamides is 1. The number of nitrogens with one attached hydrogen (secondary N) is 1. The Morgan fingerprint density at radius 1 is 1.07 bits per heavy atom. The summed E-state index contributed by atoms with van der Waals surface area (Å²) in [5.74, 6) is -1.32. The third-order valence-corrected chi connectivity index (χ3v) is 10.9. The van der Waals surface area contributed by atoms with E-state index in [0.29, 0.717) is 11.3 Å². The molecule has 2 atom stereocenters. The fourth-order valence-electron chi connectivity index (χ4n) is 5.56. The molecule has 0 aromatic carbocycles. The molecule has 2 fully saturated rings. The number of hydrogen-bond donors (Lipinski definition) is 1. The van der Waals surface area contributed by atoms with Crippen molar-refractivity contribution in [3.63, 3.8) is 0 Å². The lowest BCUT2D eigenvalue weighted by molar-refractivity contribution is -0.646. The van der Waals surface area contributed by atoms with Gasteiger partial charge in [-0.25, -0.2) is 8.42 Å². The summed E-state index contributed by atoms with van der Waals surface area (Å²) in [7, 11) is -4.22. The van der Waals surface area contributed by atoms with Gasteiger partial charge in [-0.2, -0.15) is 14.1 Å². The van der Waals surface area contributed by atoms with Crippen LogP contribution in [-0.2, 0) is 19.6 Å². The van der Waals surface area contributed by atoms with Crippen molar-refractivity contribution in [2.75, 3.05) is 13.1 Å². The number of rotatable bonds is 9. The van der Waals surface area contributed by atoms with Gasteiger partial charge in [-0.1, -0.05) is 38.2 Å². The highest BCUT2D eigenvalue weighted by molar-refractivity contribution is 7.89. The van der Waals surface area contributed by atoms with Crippen molar-refractivity contribution >= 4 is 39.0 Å². The van der Waals surface area contributed by atoms with Crippen molar-refractivity contribution in [2.45, 2.75) is 68.5 Å². The van der Waals surface area contributed by atoms with Gasteiger partial charge in [0.05, 0.1) is 22.0 Å². The number of ketones is 1. The largest absolute Gasteiger partial charge is 0.618 e. The van der Waals surface area contributed by atoms with Gasteiger partial charge in [-0.05, 0) is 55.5 Å². The number of azo groups is 1. The lowest BCUT2D eigenvalue weighted by Gasteiger charge is -2.25. The minimum absolute atomic E-state index is 0.0185. The second kappa shape index (κ2) is 14.3. The van der Waals surface area contributed by atoms with Crippen LogP contribution in [0.4, 0.5) is 0 Å². The van der Waals surface area contributed by atoms with E-state index in [-0.39, 0.29) is 30.0 Å². The predicted molar refractivity (Wildman–Crippen MR) is 162 cm³/mol. The van der Waals surface area contributed by atoms with Crippen LogP contribution in [0.15, 0.2) is 76.2 Å². The highest BCUT2D eigenvalue weighted by Gasteiger charge is 2.36. The van der Waals surface area contributed by atoms with Crippen LogP contribution < -0.4 is 10.0 Å². The minimum Gasteiger partial charge on any atom is -0.618 e. The maximum absolute atomic E-state index is 13.4. The Hall–Kier alpha value is -3.88. The van der Waals surface area contributed by atoms with Crippen molar-refractivity contribution in [3.05, 3.63) is 71.0 Å². The third-order valence-electron chi connectivity index (χ3n) is 7.92. The highest BCUT2D eigenvalue weighted by Crippen LogP contribution is 2.29. The molecule has 1 saturated carbocycles. The Morgan fingerprint density at radius 3 is 2.61 bits per heavy atom. The number of nitrogens with zero attached hydrogens (tertiary/aromatic N) is 5. The first-order valence-electron chi connectivity index (χ1n) is 14.7. The fourth-order valence-corrected chi connectivity index (χ4v) is 7.92. The molecule has 3 aromatic heterocycles. The van der Waals surface area contributed by atoms with Gasteiger partial charge in [0.25, 0.3) is 11.8 Å². The number of Topliss-reactive ketones (excluding diaryl/α,β-unsaturated/α-hetero) is 1. The van der Waals surface area contributed by atoms with E-state index in [2.05, 4.69) is 20.5 Å². The summed E-state index contributed by atoms with van der Waals surface area (Å²) in [6.07, 6.45) is 8.82. The Kier molecular flexibility index (Phi) is 10.2. The van der Waals surface area contributed by atoms with Gasteiger partial charge >= 0.3 is 15.0 Å². The summed E-state index contributed by atoms with van der Waals surface area (Å²) >= 11 is 1.27. The van der Waals surface area contributed by atoms with Crippen molar-refractivity contribution < 1.29 is 27.5 Å². The first kappa shape index (κ1) is 31.5. The van der Waals surface area contributed by atoms with Crippen LogP contribution in [-0.4, -0.2) is 60.5 Å². The molecule has 0 spiro atoms. The molecule has 4 heterocycles. The minimum atomic E-state index is -4.22. The van der Waals surface area contributed by atoms with Crippen LogP contribution in [0.5, 0.6) is 0 Å². The molecule has 1 N–H and O–H groups in total. The molecule has 2 amide bonds. The summed E-state index contributed by atoms with van der Waals surface area (Å²) in [4.78, 5) is 45.2.